The fourth-order valence-electron chi connectivity index (χ4n) is 4.77. The van der Waals surface area contributed by atoms with E-state index >= 15 is 0 Å². The maximum atomic E-state index is 13.0. The largest absolute Gasteiger partial charge is 0.493 e. The molecule has 4 rings (SSSR count). The molecule has 0 saturated carbocycles. The van der Waals surface area contributed by atoms with Gasteiger partial charge in [0.05, 0.1) is 27.9 Å². The molecule has 1 aliphatic rings. The Morgan fingerprint density at radius 1 is 1.03 bits per heavy atom. The molecule has 1 aliphatic carbocycles. The summed E-state index contributed by atoms with van der Waals surface area (Å²) >= 11 is 0. The first-order valence-electron chi connectivity index (χ1n) is 11.9. The SMILES string of the molecule is CCOc1c(/C(C)=C/C(=O)Nc2cc(OC)c(OC)c(OC)c2)cc2c3c(oc2c1C)CCCC3. The Labute approximate surface area is 206 Å². The first-order chi connectivity index (χ1) is 16.9. The highest BCUT2D eigenvalue weighted by atomic mass is 16.5. The van der Waals surface area contributed by atoms with Crippen LogP contribution in [0.1, 0.15) is 49.1 Å². The smallest absolute Gasteiger partial charge is 0.248 e. The lowest BCUT2D eigenvalue weighted by molar-refractivity contribution is -0.111. The van der Waals surface area contributed by atoms with Crippen molar-refractivity contribution in [2.75, 3.05) is 33.3 Å². The molecule has 186 valence electrons. The average Bonchev–Trinajstić information content (AvgIpc) is 3.23. The van der Waals surface area contributed by atoms with Crippen LogP contribution in [0.25, 0.3) is 16.5 Å². The van der Waals surface area contributed by atoms with Crippen molar-refractivity contribution in [3.05, 3.63) is 46.7 Å². The van der Waals surface area contributed by atoms with Gasteiger partial charge in [-0.15, -0.1) is 0 Å². The zero-order chi connectivity index (χ0) is 25.1. The monoisotopic (exact) mass is 479 g/mol. The molecule has 0 fully saturated rings. The van der Waals surface area contributed by atoms with E-state index in [-0.39, 0.29) is 5.91 Å². The molecule has 3 aromatic rings. The predicted octanol–water partition coefficient (Wildman–Crippen LogP) is 6.09. The van der Waals surface area contributed by atoms with Gasteiger partial charge in [0.2, 0.25) is 11.7 Å². The van der Waals surface area contributed by atoms with Crippen LogP contribution in [0, 0.1) is 6.92 Å². The molecule has 2 aromatic carbocycles. The lowest BCUT2D eigenvalue weighted by Gasteiger charge is -2.16. The van der Waals surface area contributed by atoms with Crippen molar-refractivity contribution >= 4 is 28.1 Å². The van der Waals surface area contributed by atoms with Gasteiger partial charge in [-0.1, -0.05) is 0 Å². The first-order valence-corrected chi connectivity index (χ1v) is 11.9. The Morgan fingerprint density at radius 2 is 1.71 bits per heavy atom. The maximum Gasteiger partial charge on any atom is 0.248 e. The van der Waals surface area contributed by atoms with Crippen molar-refractivity contribution in [3.8, 4) is 23.0 Å². The van der Waals surface area contributed by atoms with Crippen LogP contribution >= 0.6 is 0 Å². The molecule has 0 atom stereocenters. The number of nitrogens with one attached hydrogen (secondary N) is 1. The summed E-state index contributed by atoms with van der Waals surface area (Å²) in [5.41, 5.74) is 5.37. The zero-order valence-electron chi connectivity index (χ0n) is 21.3. The van der Waals surface area contributed by atoms with Crippen LogP contribution in [0.15, 0.2) is 28.7 Å². The number of rotatable bonds is 8. The van der Waals surface area contributed by atoms with Gasteiger partial charge in [-0.2, -0.15) is 0 Å². The molecular formula is C28H33NO6. The number of methoxy groups -OCH3 is 3. The summed E-state index contributed by atoms with van der Waals surface area (Å²) < 4.78 is 28.4. The number of amides is 1. The van der Waals surface area contributed by atoms with Crippen molar-refractivity contribution in [1.82, 2.24) is 0 Å². The van der Waals surface area contributed by atoms with Gasteiger partial charge in [0.15, 0.2) is 11.5 Å². The van der Waals surface area contributed by atoms with E-state index in [1.165, 1.54) is 26.9 Å². The first kappa shape index (κ1) is 24.5. The van der Waals surface area contributed by atoms with Gasteiger partial charge < -0.3 is 28.7 Å². The highest BCUT2D eigenvalue weighted by molar-refractivity contribution is 6.05. The third-order valence-electron chi connectivity index (χ3n) is 6.42. The van der Waals surface area contributed by atoms with Crippen molar-refractivity contribution in [2.24, 2.45) is 0 Å². The third-order valence-corrected chi connectivity index (χ3v) is 6.42. The summed E-state index contributed by atoms with van der Waals surface area (Å²) in [6, 6.07) is 5.50. The number of carbonyl (C=O) groups is 1. The molecule has 0 bridgehead atoms. The normalized spacial score (nSPS) is 13.4. The van der Waals surface area contributed by atoms with Gasteiger partial charge in [-0.05, 0) is 51.7 Å². The minimum atomic E-state index is -0.272. The van der Waals surface area contributed by atoms with E-state index in [1.807, 2.05) is 20.8 Å². The Morgan fingerprint density at radius 3 is 2.34 bits per heavy atom. The van der Waals surface area contributed by atoms with Crippen LogP contribution in [0.2, 0.25) is 0 Å². The molecule has 0 aliphatic heterocycles. The highest BCUT2D eigenvalue weighted by Gasteiger charge is 2.23. The van der Waals surface area contributed by atoms with E-state index in [9.17, 15) is 4.79 Å². The minimum Gasteiger partial charge on any atom is -0.493 e. The number of allylic oxidation sites excluding steroid dienone is 1. The molecular weight excluding hydrogens is 446 g/mol. The molecule has 1 N–H and O–H groups in total. The molecule has 7 nitrogen and oxygen atoms in total. The van der Waals surface area contributed by atoms with Crippen molar-refractivity contribution in [3.63, 3.8) is 0 Å². The van der Waals surface area contributed by atoms with Crippen LogP contribution in [0.5, 0.6) is 23.0 Å². The van der Waals surface area contributed by atoms with E-state index in [4.69, 9.17) is 23.4 Å². The van der Waals surface area contributed by atoms with E-state index < -0.39 is 0 Å². The maximum absolute atomic E-state index is 13.0. The molecule has 35 heavy (non-hydrogen) atoms. The number of hydrogen-bond acceptors (Lipinski definition) is 6. The molecule has 1 aromatic heterocycles. The summed E-state index contributed by atoms with van der Waals surface area (Å²) in [5, 5.41) is 4.02. The molecule has 0 radical (unpaired) electrons. The predicted molar refractivity (Wildman–Crippen MR) is 137 cm³/mol. The summed E-state index contributed by atoms with van der Waals surface area (Å²) in [7, 11) is 4.61. The fourth-order valence-corrected chi connectivity index (χ4v) is 4.77. The van der Waals surface area contributed by atoms with Crippen LogP contribution in [0.4, 0.5) is 5.69 Å². The van der Waals surface area contributed by atoms with Gasteiger partial charge in [0.25, 0.3) is 0 Å². The van der Waals surface area contributed by atoms with Crippen LogP contribution in [0.3, 0.4) is 0 Å². The van der Waals surface area contributed by atoms with E-state index in [0.717, 1.165) is 64.9 Å². The number of benzene rings is 2. The standard InChI is InChI=1S/C28H33NO6/c1-7-34-26-17(3)27-21(19-10-8-9-11-22(19)35-27)15-20(26)16(2)12-25(30)29-18-13-23(31-4)28(33-6)24(14-18)32-5/h12-15H,7-11H2,1-6H3,(H,29,30)/b16-12+. The molecule has 7 heteroatoms. The Hall–Kier alpha value is -3.61. The summed E-state index contributed by atoms with van der Waals surface area (Å²) in [6.07, 6.45) is 5.87. The zero-order valence-corrected chi connectivity index (χ0v) is 21.3. The van der Waals surface area contributed by atoms with Crippen LogP contribution in [-0.4, -0.2) is 33.8 Å². The highest BCUT2D eigenvalue weighted by Crippen LogP contribution is 2.42. The van der Waals surface area contributed by atoms with Crippen molar-refractivity contribution in [1.29, 1.82) is 0 Å². The second kappa shape index (κ2) is 10.3. The van der Waals surface area contributed by atoms with E-state index in [2.05, 4.69) is 11.4 Å². The topological polar surface area (TPSA) is 79.2 Å². The quantitative estimate of drug-likeness (QED) is 0.394. The molecule has 0 saturated heterocycles. The van der Waals surface area contributed by atoms with Gasteiger partial charge in [0, 0.05) is 52.4 Å². The van der Waals surface area contributed by atoms with Crippen LogP contribution < -0.4 is 24.3 Å². The lowest BCUT2D eigenvalue weighted by atomic mass is 9.93. The second-order valence-electron chi connectivity index (χ2n) is 8.63. The lowest BCUT2D eigenvalue weighted by Crippen LogP contribution is -2.09. The van der Waals surface area contributed by atoms with E-state index in [0.29, 0.717) is 29.5 Å². The van der Waals surface area contributed by atoms with Crippen molar-refractivity contribution < 1.29 is 28.2 Å². The Balaban J connectivity index is 1.71. The number of furan rings is 1. The van der Waals surface area contributed by atoms with E-state index in [1.54, 1.807) is 18.2 Å². The number of anilines is 1. The summed E-state index contributed by atoms with van der Waals surface area (Å²) in [6.45, 7) is 6.42. The summed E-state index contributed by atoms with van der Waals surface area (Å²) in [5.74, 6) is 2.95. The number of carbonyl (C=O) groups excluding carboxylic acids is 1. The van der Waals surface area contributed by atoms with Crippen LogP contribution in [-0.2, 0) is 17.6 Å². The van der Waals surface area contributed by atoms with Crippen molar-refractivity contribution in [2.45, 2.75) is 46.5 Å². The minimum absolute atomic E-state index is 0.272. The second-order valence-corrected chi connectivity index (χ2v) is 8.63. The van der Waals surface area contributed by atoms with Gasteiger partial charge in [-0.3, -0.25) is 4.79 Å². The van der Waals surface area contributed by atoms with Gasteiger partial charge in [-0.25, -0.2) is 0 Å². The number of aryl methyl sites for hydroxylation is 3. The fraction of sp³-hybridized carbons (Fsp3) is 0.393. The molecule has 0 unspecified atom stereocenters. The van der Waals surface area contributed by atoms with Gasteiger partial charge >= 0.3 is 0 Å². The number of hydrogen-bond donors (Lipinski definition) is 1. The number of fused-ring (bicyclic) bond motifs is 3. The van der Waals surface area contributed by atoms with Gasteiger partial charge in [0.1, 0.15) is 17.1 Å². The molecule has 1 heterocycles. The number of ether oxygens (including phenoxy) is 4. The average molecular weight is 480 g/mol. The Kier molecular flexibility index (Phi) is 7.24. The molecule has 1 amide bonds. The Bertz CT molecular complexity index is 1260. The third kappa shape index (κ3) is 4.67. The summed E-state index contributed by atoms with van der Waals surface area (Å²) in [4.78, 5) is 13.0. The molecule has 0 spiro atoms.